The molecule has 164 valence electrons. The van der Waals surface area contributed by atoms with E-state index in [1.54, 1.807) is 7.11 Å². The van der Waals surface area contributed by atoms with Gasteiger partial charge >= 0.3 is 0 Å². The van der Waals surface area contributed by atoms with Crippen molar-refractivity contribution in [2.75, 3.05) is 46.4 Å². The summed E-state index contributed by atoms with van der Waals surface area (Å²) in [5.41, 5.74) is 10.1. The van der Waals surface area contributed by atoms with Crippen LogP contribution in [0, 0.1) is 0 Å². The number of para-hydroxylation sites is 1. The molecule has 1 aromatic heterocycles. The van der Waals surface area contributed by atoms with Crippen LogP contribution in [-0.2, 0) is 6.42 Å². The SMILES string of the molecule is COc1cccc2c([C@H](N)CN3CCN(CCCCc4ccccc4)CC3)ccnc12. The molecule has 1 saturated heterocycles. The van der Waals surface area contributed by atoms with Gasteiger partial charge in [-0.05, 0) is 49.1 Å². The second-order valence-corrected chi connectivity index (χ2v) is 8.45. The predicted molar refractivity (Wildman–Crippen MR) is 127 cm³/mol. The Balaban J connectivity index is 1.24. The number of hydrogen-bond acceptors (Lipinski definition) is 5. The highest BCUT2D eigenvalue weighted by molar-refractivity contribution is 5.87. The summed E-state index contributed by atoms with van der Waals surface area (Å²) in [6.45, 7) is 6.49. The van der Waals surface area contributed by atoms with Crippen molar-refractivity contribution in [3.05, 3.63) is 71.9 Å². The van der Waals surface area contributed by atoms with Crippen LogP contribution in [0.3, 0.4) is 0 Å². The van der Waals surface area contributed by atoms with Crippen LogP contribution in [0.2, 0.25) is 0 Å². The molecule has 0 amide bonds. The Morgan fingerprint density at radius 2 is 1.71 bits per heavy atom. The van der Waals surface area contributed by atoms with E-state index in [1.807, 2.05) is 18.3 Å². The van der Waals surface area contributed by atoms with E-state index in [-0.39, 0.29) is 6.04 Å². The molecule has 2 aromatic carbocycles. The smallest absolute Gasteiger partial charge is 0.145 e. The second kappa shape index (κ2) is 10.7. The number of nitrogens with two attached hydrogens (primary N) is 1. The van der Waals surface area contributed by atoms with Crippen molar-refractivity contribution in [2.45, 2.75) is 25.3 Å². The molecule has 0 bridgehead atoms. The van der Waals surface area contributed by atoms with E-state index in [0.717, 1.165) is 54.9 Å². The molecule has 0 unspecified atom stereocenters. The summed E-state index contributed by atoms with van der Waals surface area (Å²) in [7, 11) is 1.68. The molecule has 0 aliphatic carbocycles. The standard InChI is InChI=1S/C26H34N4O/c1-31-25-12-7-11-23-22(13-14-28-26(23)25)24(27)20-30-18-16-29(17-19-30)15-6-5-10-21-8-3-2-4-9-21/h2-4,7-9,11-14,24H,5-6,10,15-20,27H2,1H3/t24-/m1/s1. The number of unbranched alkanes of at least 4 members (excludes halogenated alkanes) is 1. The van der Waals surface area contributed by atoms with Gasteiger partial charge in [0, 0.05) is 50.3 Å². The number of benzene rings is 2. The first-order valence-electron chi connectivity index (χ1n) is 11.4. The molecule has 5 nitrogen and oxygen atoms in total. The van der Waals surface area contributed by atoms with Crippen molar-refractivity contribution in [3.63, 3.8) is 0 Å². The third-order valence-corrected chi connectivity index (χ3v) is 6.34. The summed E-state index contributed by atoms with van der Waals surface area (Å²) >= 11 is 0. The van der Waals surface area contributed by atoms with Crippen molar-refractivity contribution in [1.82, 2.24) is 14.8 Å². The fraction of sp³-hybridized carbons (Fsp3) is 0.423. The maximum Gasteiger partial charge on any atom is 0.145 e. The maximum atomic E-state index is 6.65. The molecule has 3 aromatic rings. The number of nitrogens with zero attached hydrogens (tertiary/aromatic N) is 3. The summed E-state index contributed by atoms with van der Waals surface area (Å²) in [5, 5.41) is 1.09. The summed E-state index contributed by atoms with van der Waals surface area (Å²) in [4.78, 5) is 9.60. The van der Waals surface area contributed by atoms with Gasteiger partial charge in [0.25, 0.3) is 0 Å². The maximum absolute atomic E-state index is 6.65. The molecule has 1 aliphatic heterocycles. The van der Waals surface area contributed by atoms with Crippen molar-refractivity contribution in [3.8, 4) is 5.75 Å². The van der Waals surface area contributed by atoms with Gasteiger partial charge in [0.15, 0.2) is 0 Å². The van der Waals surface area contributed by atoms with E-state index in [1.165, 1.54) is 31.4 Å². The Hall–Kier alpha value is -2.47. The largest absolute Gasteiger partial charge is 0.494 e. The van der Waals surface area contributed by atoms with Crippen LogP contribution in [0.25, 0.3) is 10.9 Å². The van der Waals surface area contributed by atoms with E-state index >= 15 is 0 Å². The highest BCUT2D eigenvalue weighted by atomic mass is 16.5. The Morgan fingerprint density at radius 1 is 0.935 bits per heavy atom. The first-order valence-corrected chi connectivity index (χ1v) is 11.4. The molecular weight excluding hydrogens is 384 g/mol. The van der Waals surface area contributed by atoms with Crippen molar-refractivity contribution < 1.29 is 4.74 Å². The molecule has 2 N–H and O–H groups in total. The zero-order chi connectivity index (χ0) is 21.5. The Morgan fingerprint density at radius 3 is 2.48 bits per heavy atom. The highest BCUT2D eigenvalue weighted by Gasteiger charge is 2.20. The lowest BCUT2D eigenvalue weighted by molar-refractivity contribution is 0.126. The van der Waals surface area contributed by atoms with E-state index in [0.29, 0.717) is 0 Å². The van der Waals surface area contributed by atoms with Crippen molar-refractivity contribution in [2.24, 2.45) is 5.73 Å². The molecule has 0 spiro atoms. The molecule has 4 rings (SSSR count). The van der Waals surface area contributed by atoms with E-state index in [9.17, 15) is 0 Å². The van der Waals surface area contributed by atoms with Crippen LogP contribution in [0.15, 0.2) is 60.8 Å². The van der Waals surface area contributed by atoms with Crippen LogP contribution < -0.4 is 10.5 Å². The summed E-state index contributed by atoms with van der Waals surface area (Å²) in [5.74, 6) is 0.799. The number of aryl methyl sites for hydroxylation is 1. The quantitative estimate of drug-likeness (QED) is 0.535. The monoisotopic (exact) mass is 418 g/mol. The molecule has 31 heavy (non-hydrogen) atoms. The van der Waals surface area contributed by atoms with Gasteiger partial charge in [-0.15, -0.1) is 0 Å². The summed E-state index contributed by atoms with van der Waals surface area (Å²) in [6, 6.07) is 18.9. The molecule has 2 heterocycles. The van der Waals surface area contributed by atoms with Crippen LogP contribution >= 0.6 is 0 Å². The average molecular weight is 419 g/mol. The van der Waals surface area contributed by atoms with Gasteiger partial charge in [0.2, 0.25) is 0 Å². The zero-order valence-corrected chi connectivity index (χ0v) is 18.5. The number of methoxy groups -OCH3 is 1. The molecule has 0 radical (unpaired) electrons. The predicted octanol–water partition coefficient (Wildman–Crippen LogP) is 3.88. The number of rotatable bonds is 9. The summed E-state index contributed by atoms with van der Waals surface area (Å²) in [6.07, 6.45) is 5.54. The molecule has 5 heteroatoms. The number of aromatic nitrogens is 1. The number of piperazine rings is 1. The van der Waals surface area contributed by atoms with Crippen LogP contribution in [0.4, 0.5) is 0 Å². The lowest BCUT2D eigenvalue weighted by Gasteiger charge is -2.36. The fourth-order valence-corrected chi connectivity index (χ4v) is 4.54. The number of fused-ring (bicyclic) bond motifs is 1. The fourth-order valence-electron chi connectivity index (χ4n) is 4.54. The van der Waals surface area contributed by atoms with E-state index < -0.39 is 0 Å². The average Bonchev–Trinajstić information content (AvgIpc) is 2.82. The summed E-state index contributed by atoms with van der Waals surface area (Å²) < 4.78 is 5.47. The molecule has 0 saturated carbocycles. The normalized spacial score (nSPS) is 16.5. The van der Waals surface area contributed by atoms with Crippen LogP contribution in [0.5, 0.6) is 5.75 Å². The minimum atomic E-state index is -0.0324. The number of pyridine rings is 1. The molecular formula is C26H34N4O. The Kier molecular flexibility index (Phi) is 7.52. The van der Waals surface area contributed by atoms with Gasteiger partial charge in [0.05, 0.1) is 7.11 Å². The third-order valence-electron chi connectivity index (χ3n) is 6.34. The van der Waals surface area contributed by atoms with Gasteiger partial charge < -0.3 is 15.4 Å². The first-order chi connectivity index (χ1) is 15.2. The highest BCUT2D eigenvalue weighted by Crippen LogP contribution is 2.28. The lowest BCUT2D eigenvalue weighted by atomic mass is 10.0. The zero-order valence-electron chi connectivity index (χ0n) is 18.5. The third kappa shape index (κ3) is 5.62. The van der Waals surface area contributed by atoms with Gasteiger partial charge in [0.1, 0.15) is 11.3 Å². The number of hydrogen-bond donors (Lipinski definition) is 1. The van der Waals surface area contributed by atoms with E-state index in [2.05, 4.69) is 57.2 Å². The van der Waals surface area contributed by atoms with Gasteiger partial charge in [-0.1, -0.05) is 42.5 Å². The van der Waals surface area contributed by atoms with Crippen LogP contribution in [-0.4, -0.2) is 61.2 Å². The topological polar surface area (TPSA) is 54.6 Å². The Labute approximate surface area is 185 Å². The first kappa shape index (κ1) is 21.8. The number of ether oxygens (including phenoxy) is 1. The van der Waals surface area contributed by atoms with Crippen molar-refractivity contribution >= 4 is 10.9 Å². The second-order valence-electron chi connectivity index (χ2n) is 8.45. The minimum Gasteiger partial charge on any atom is -0.494 e. The van der Waals surface area contributed by atoms with Gasteiger partial charge in [-0.3, -0.25) is 9.88 Å². The van der Waals surface area contributed by atoms with Gasteiger partial charge in [-0.2, -0.15) is 0 Å². The van der Waals surface area contributed by atoms with Crippen molar-refractivity contribution in [1.29, 1.82) is 0 Å². The van der Waals surface area contributed by atoms with Crippen LogP contribution in [0.1, 0.15) is 30.0 Å². The lowest BCUT2D eigenvalue weighted by Crippen LogP contribution is -2.48. The Bertz CT molecular complexity index is 954. The molecule has 1 atom stereocenters. The van der Waals surface area contributed by atoms with Gasteiger partial charge in [-0.25, -0.2) is 0 Å². The van der Waals surface area contributed by atoms with E-state index in [4.69, 9.17) is 10.5 Å². The molecule has 1 aliphatic rings. The minimum absolute atomic E-state index is 0.0324. The molecule has 1 fully saturated rings.